The number of carbonyl (C=O) groups is 1. The number of amides is 1. The molecule has 0 aliphatic carbocycles. The number of H-pyrrole nitrogens is 1. The molecule has 5 heterocycles. The van der Waals surface area contributed by atoms with Crippen molar-refractivity contribution in [1.82, 2.24) is 29.2 Å². The topological polar surface area (TPSA) is 69.5 Å². The van der Waals surface area contributed by atoms with Gasteiger partial charge in [-0.1, -0.05) is 13.0 Å². The van der Waals surface area contributed by atoms with E-state index in [0.29, 0.717) is 5.69 Å². The maximum absolute atomic E-state index is 13.1. The van der Waals surface area contributed by atoms with Gasteiger partial charge in [0.15, 0.2) is 0 Å². The number of carbonyl (C=O) groups excluding carboxylic acids is 1. The third-order valence-electron chi connectivity index (χ3n) is 6.59. The Morgan fingerprint density at radius 2 is 2.03 bits per heavy atom. The van der Waals surface area contributed by atoms with Gasteiger partial charge in [0.2, 0.25) is 0 Å². The summed E-state index contributed by atoms with van der Waals surface area (Å²) < 4.78 is 1.94. The quantitative estimate of drug-likeness (QED) is 0.744. The standard InChI is InChI=1S/C22H28N6O/c1-3-9-28-10-6-17-20(24-15-23-17)22(28)7-11-26(12-8-22)21(29)18-14-27-13-16(2)4-5-19(27)25-18/h4-5,13-15H,3,6-12H2,1-2H3,(H,23,24). The average Bonchev–Trinajstić information content (AvgIpc) is 3.37. The predicted octanol–water partition coefficient (Wildman–Crippen LogP) is 2.77. The molecule has 1 saturated heterocycles. The number of aryl methyl sites for hydroxylation is 1. The Bertz CT molecular complexity index is 1040. The molecular formula is C22H28N6O. The van der Waals surface area contributed by atoms with Gasteiger partial charge in [0, 0.05) is 44.1 Å². The normalized spacial score (nSPS) is 19.0. The van der Waals surface area contributed by atoms with Crippen LogP contribution in [0.25, 0.3) is 5.65 Å². The van der Waals surface area contributed by atoms with Crippen LogP contribution in [0.4, 0.5) is 0 Å². The van der Waals surface area contributed by atoms with E-state index in [4.69, 9.17) is 4.98 Å². The Morgan fingerprint density at radius 1 is 1.21 bits per heavy atom. The van der Waals surface area contributed by atoms with Crippen molar-refractivity contribution in [3.63, 3.8) is 0 Å². The number of nitrogens with one attached hydrogen (secondary N) is 1. The molecule has 1 amide bonds. The molecule has 7 heteroatoms. The molecule has 2 aliphatic heterocycles. The molecule has 1 spiro atoms. The molecule has 152 valence electrons. The summed E-state index contributed by atoms with van der Waals surface area (Å²) in [5.41, 5.74) is 4.92. The van der Waals surface area contributed by atoms with Crippen LogP contribution in [0, 0.1) is 6.92 Å². The van der Waals surface area contributed by atoms with Gasteiger partial charge in [0.25, 0.3) is 5.91 Å². The summed E-state index contributed by atoms with van der Waals surface area (Å²) in [5.74, 6) is 0.0290. The first-order valence-corrected chi connectivity index (χ1v) is 10.6. The molecular weight excluding hydrogens is 364 g/mol. The molecule has 0 unspecified atom stereocenters. The summed E-state index contributed by atoms with van der Waals surface area (Å²) in [6, 6.07) is 3.98. The fourth-order valence-electron chi connectivity index (χ4n) is 5.12. The monoisotopic (exact) mass is 392 g/mol. The van der Waals surface area contributed by atoms with Gasteiger partial charge in [-0.15, -0.1) is 0 Å². The lowest BCUT2D eigenvalue weighted by Gasteiger charge is -2.50. The zero-order chi connectivity index (χ0) is 20.0. The molecule has 5 rings (SSSR count). The molecule has 1 N–H and O–H groups in total. The SMILES string of the molecule is CCCN1CCc2[nH]cnc2C12CCN(C(=O)c1cn3cc(C)ccc3n1)CC2. The van der Waals surface area contributed by atoms with Crippen LogP contribution >= 0.6 is 0 Å². The average molecular weight is 393 g/mol. The van der Waals surface area contributed by atoms with Crippen LogP contribution in [-0.2, 0) is 12.0 Å². The van der Waals surface area contributed by atoms with Gasteiger partial charge in [-0.25, -0.2) is 9.97 Å². The smallest absolute Gasteiger partial charge is 0.274 e. The zero-order valence-electron chi connectivity index (χ0n) is 17.2. The predicted molar refractivity (Wildman–Crippen MR) is 111 cm³/mol. The summed E-state index contributed by atoms with van der Waals surface area (Å²) in [6.45, 7) is 7.88. The molecule has 0 bridgehead atoms. The van der Waals surface area contributed by atoms with E-state index in [1.165, 1.54) is 11.4 Å². The maximum atomic E-state index is 13.1. The molecule has 0 aromatic carbocycles. The number of pyridine rings is 1. The van der Waals surface area contributed by atoms with E-state index in [1.54, 1.807) is 0 Å². The van der Waals surface area contributed by atoms with Gasteiger partial charge in [-0.05, 0) is 44.4 Å². The minimum absolute atomic E-state index is 0.0290. The molecule has 0 saturated carbocycles. The number of imidazole rings is 2. The molecule has 29 heavy (non-hydrogen) atoms. The highest BCUT2D eigenvalue weighted by molar-refractivity contribution is 5.93. The fourth-order valence-corrected chi connectivity index (χ4v) is 5.12. The van der Waals surface area contributed by atoms with E-state index >= 15 is 0 Å². The largest absolute Gasteiger partial charge is 0.348 e. The second-order valence-corrected chi connectivity index (χ2v) is 8.39. The first-order valence-electron chi connectivity index (χ1n) is 10.6. The van der Waals surface area contributed by atoms with Gasteiger partial charge >= 0.3 is 0 Å². The third-order valence-corrected chi connectivity index (χ3v) is 6.59. The molecule has 1 fully saturated rings. The number of likely N-dealkylation sites (tertiary alicyclic amines) is 1. The maximum Gasteiger partial charge on any atom is 0.274 e. The van der Waals surface area contributed by atoms with E-state index in [-0.39, 0.29) is 11.4 Å². The van der Waals surface area contributed by atoms with Crippen LogP contribution in [0.3, 0.4) is 0 Å². The van der Waals surface area contributed by atoms with Crippen LogP contribution in [0.5, 0.6) is 0 Å². The third kappa shape index (κ3) is 2.95. The number of aromatic nitrogens is 4. The van der Waals surface area contributed by atoms with Crippen molar-refractivity contribution < 1.29 is 4.79 Å². The minimum Gasteiger partial charge on any atom is -0.348 e. The number of aromatic amines is 1. The lowest BCUT2D eigenvalue weighted by molar-refractivity contribution is 0.00692. The molecule has 0 atom stereocenters. The highest BCUT2D eigenvalue weighted by Crippen LogP contribution is 2.42. The zero-order valence-corrected chi connectivity index (χ0v) is 17.2. The van der Waals surface area contributed by atoms with Crippen molar-refractivity contribution >= 4 is 11.6 Å². The van der Waals surface area contributed by atoms with Gasteiger partial charge < -0.3 is 14.3 Å². The summed E-state index contributed by atoms with van der Waals surface area (Å²) in [7, 11) is 0. The van der Waals surface area contributed by atoms with Crippen molar-refractivity contribution in [2.75, 3.05) is 26.2 Å². The summed E-state index contributed by atoms with van der Waals surface area (Å²) >= 11 is 0. The lowest BCUT2D eigenvalue weighted by atomic mass is 9.78. The Kier molecular flexibility index (Phi) is 4.42. The number of piperidine rings is 1. The van der Waals surface area contributed by atoms with Crippen LogP contribution in [0.2, 0.25) is 0 Å². The molecule has 2 aliphatic rings. The Hall–Kier alpha value is -2.67. The second-order valence-electron chi connectivity index (χ2n) is 8.39. The van der Waals surface area contributed by atoms with E-state index in [9.17, 15) is 4.79 Å². The van der Waals surface area contributed by atoms with E-state index in [0.717, 1.165) is 63.1 Å². The molecule has 7 nitrogen and oxygen atoms in total. The Morgan fingerprint density at radius 3 is 2.83 bits per heavy atom. The van der Waals surface area contributed by atoms with Crippen LogP contribution < -0.4 is 0 Å². The fraction of sp³-hybridized carbons (Fsp3) is 0.500. The first kappa shape index (κ1) is 18.4. The first-order chi connectivity index (χ1) is 14.1. The van der Waals surface area contributed by atoms with E-state index in [1.807, 2.05) is 47.1 Å². The van der Waals surface area contributed by atoms with Gasteiger partial charge in [-0.3, -0.25) is 9.69 Å². The Balaban J connectivity index is 1.38. The van der Waals surface area contributed by atoms with Crippen LogP contribution in [0.1, 0.15) is 53.6 Å². The lowest BCUT2D eigenvalue weighted by Crippen LogP contribution is -2.57. The van der Waals surface area contributed by atoms with Crippen LogP contribution in [0.15, 0.2) is 30.9 Å². The van der Waals surface area contributed by atoms with Crippen LogP contribution in [-0.4, -0.2) is 61.2 Å². The number of nitrogens with zero attached hydrogens (tertiary/aromatic N) is 5. The highest BCUT2D eigenvalue weighted by atomic mass is 16.2. The van der Waals surface area contributed by atoms with Crippen molar-refractivity contribution in [3.8, 4) is 0 Å². The molecule has 3 aromatic heterocycles. The Labute approximate surface area is 170 Å². The van der Waals surface area contributed by atoms with Crippen molar-refractivity contribution in [2.45, 2.75) is 45.1 Å². The molecule has 3 aromatic rings. The van der Waals surface area contributed by atoms with Crippen molar-refractivity contribution in [1.29, 1.82) is 0 Å². The molecule has 0 radical (unpaired) electrons. The van der Waals surface area contributed by atoms with Crippen molar-refractivity contribution in [3.05, 3.63) is 53.5 Å². The highest BCUT2D eigenvalue weighted by Gasteiger charge is 2.46. The van der Waals surface area contributed by atoms with Gasteiger partial charge in [-0.2, -0.15) is 0 Å². The minimum atomic E-state index is -0.0452. The number of fused-ring (bicyclic) bond motifs is 3. The summed E-state index contributed by atoms with van der Waals surface area (Å²) in [5, 5.41) is 0. The number of hydrogen-bond donors (Lipinski definition) is 1. The number of hydrogen-bond acceptors (Lipinski definition) is 4. The second kappa shape index (κ2) is 6.99. The van der Waals surface area contributed by atoms with E-state index < -0.39 is 0 Å². The number of rotatable bonds is 3. The van der Waals surface area contributed by atoms with E-state index in [2.05, 4.69) is 21.8 Å². The van der Waals surface area contributed by atoms with Gasteiger partial charge in [0.1, 0.15) is 11.3 Å². The summed E-state index contributed by atoms with van der Waals surface area (Å²) in [4.78, 5) is 30.3. The van der Waals surface area contributed by atoms with Gasteiger partial charge in [0.05, 0.1) is 17.6 Å². The summed E-state index contributed by atoms with van der Waals surface area (Å²) in [6.07, 6.45) is 9.69. The van der Waals surface area contributed by atoms with Crippen molar-refractivity contribution in [2.24, 2.45) is 0 Å².